The van der Waals surface area contributed by atoms with Crippen molar-refractivity contribution in [3.63, 3.8) is 0 Å². The molecule has 0 radical (unpaired) electrons. The number of hydrogen-bond acceptors (Lipinski definition) is 4. The summed E-state index contributed by atoms with van der Waals surface area (Å²) < 4.78 is 5.00. The normalized spacial score (nSPS) is 9.36. The van der Waals surface area contributed by atoms with Gasteiger partial charge in [-0.25, -0.2) is 4.98 Å². The maximum atomic E-state index is 5.00. The number of rotatable bonds is 2. The predicted molar refractivity (Wildman–Crippen MR) is 42.9 cm³/mol. The molecule has 0 aliphatic carbocycles. The van der Waals surface area contributed by atoms with E-state index in [-0.39, 0.29) is 0 Å². The standard InChI is InChI=1S/C7H11N3O/c1-5-4-9-7(8-2)10-6(5)11-3/h4H,1-3H3,(H,8,9,10). The molecule has 1 heterocycles. The summed E-state index contributed by atoms with van der Waals surface area (Å²) in [5.41, 5.74) is 0.937. The minimum absolute atomic E-state index is 0.576. The van der Waals surface area contributed by atoms with Gasteiger partial charge < -0.3 is 10.1 Å². The van der Waals surface area contributed by atoms with Crippen molar-refractivity contribution in [2.45, 2.75) is 6.92 Å². The van der Waals surface area contributed by atoms with E-state index in [0.29, 0.717) is 11.8 Å². The first-order chi connectivity index (χ1) is 5.27. The number of methoxy groups -OCH3 is 1. The lowest BCUT2D eigenvalue weighted by molar-refractivity contribution is 0.394. The maximum Gasteiger partial charge on any atom is 0.225 e. The molecule has 11 heavy (non-hydrogen) atoms. The molecule has 0 bridgehead atoms. The highest BCUT2D eigenvalue weighted by atomic mass is 16.5. The van der Waals surface area contributed by atoms with E-state index in [1.54, 1.807) is 20.4 Å². The zero-order valence-electron chi connectivity index (χ0n) is 6.88. The molecule has 0 saturated carbocycles. The Bertz CT molecular complexity index is 249. The Labute approximate surface area is 65.6 Å². The van der Waals surface area contributed by atoms with Gasteiger partial charge in [-0.05, 0) is 6.92 Å². The summed E-state index contributed by atoms with van der Waals surface area (Å²) in [5, 5.41) is 2.83. The molecule has 0 saturated heterocycles. The molecule has 0 aromatic carbocycles. The van der Waals surface area contributed by atoms with Gasteiger partial charge in [-0.2, -0.15) is 4.98 Å². The number of nitrogens with zero attached hydrogens (tertiary/aromatic N) is 2. The predicted octanol–water partition coefficient (Wildman–Crippen LogP) is 0.835. The Kier molecular flexibility index (Phi) is 2.25. The third kappa shape index (κ3) is 1.58. The van der Waals surface area contributed by atoms with Crippen molar-refractivity contribution in [3.05, 3.63) is 11.8 Å². The number of aromatic nitrogens is 2. The van der Waals surface area contributed by atoms with Crippen LogP contribution in [0.25, 0.3) is 0 Å². The topological polar surface area (TPSA) is 47.0 Å². The minimum Gasteiger partial charge on any atom is -0.481 e. The summed E-state index contributed by atoms with van der Waals surface area (Å²) in [6, 6.07) is 0. The van der Waals surface area contributed by atoms with Gasteiger partial charge in [0.25, 0.3) is 0 Å². The zero-order chi connectivity index (χ0) is 8.27. The molecule has 0 unspecified atom stereocenters. The third-order valence-corrected chi connectivity index (χ3v) is 1.34. The van der Waals surface area contributed by atoms with Crippen LogP contribution in [0.5, 0.6) is 5.88 Å². The minimum atomic E-state index is 0.576. The molecule has 0 spiro atoms. The van der Waals surface area contributed by atoms with E-state index in [0.717, 1.165) is 5.56 Å². The highest BCUT2D eigenvalue weighted by Gasteiger charge is 2.00. The largest absolute Gasteiger partial charge is 0.481 e. The Morgan fingerprint density at radius 1 is 1.55 bits per heavy atom. The van der Waals surface area contributed by atoms with Gasteiger partial charge in [0, 0.05) is 18.8 Å². The van der Waals surface area contributed by atoms with Crippen molar-refractivity contribution in [2.75, 3.05) is 19.5 Å². The first-order valence-electron chi connectivity index (χ1n) is 3.33. The molecule has 1 aromatic rings. The Balaban J connectivity index is 3.02. The Hall–Kier alpha value is -1.32. The van der Waals surface area contributed by atoms with Gasteiger partial charge in [-0.15, -0.1) is 0 Å². The molecule has 0 fully saturated rings. The number of nitrogens with one attached hydrogen (secondary N) is 1. The van der Waals surface area contributed by atoms with E-state index < -0.39 is 0 Å². The fraction of sp³-hybridized carbons (Fsp3) is 0.429. The quantitative estimate of drug-likeness (QED) is 0.683. The second-order valence-electron chi connectivity index (χ2n) is 2.14. The fourth-order valence-electron chi connectivity index (χ4n) is 0.753. The molecular formula is C7H11N3O. The van der Waals surface area contributed by atoms with Crippen molar-refractivity contribution < 1.29 is 4.74 Å². The molecule has 60 valence electrons. The van der Waals surface area contributed by atoms with Crippen LogP contribution in [-0.4, -0.2) is 24.1 Å². The van der Waals surface area contributed by atoms with E-state index in [2.05, 4.69) is 15.3 Å². The van der Waals surface area contributed by atoms with Gasteiger partial charge in [0.1, 0.15) is 0 Å². The first kappa shape index (κ1) is 7.78. The van der Waals surface area contributed by atoms with Crippen LogP contribution in [0.4, 0.5) is 5.95 Å². The van der Waals surface area contributed by atoms with Crippen molar-refractivity contribution in [3.8, 4) is 5.88 Å². The highest BCUT2D eigenvalue weighted by Crippen LogP contribution is 2.13. The first-order valence-corrected chi connectivity index (χ1v) is 3.33. The number of anilines is 1. The molecule has 0 atom stereocenters. The van der Waals surface area contributed by atoms with Crippen molar-refractivity contribution in [1.29, 1.82) is 0 Å². The van der Waals surface area contributed by atoms with E-state index in [1.807, 2.05) is 6.92 Å². The summed E-state index contributed by atoms with van der Waals surface area (Å²) in [6.07, 6.45) is 1.72. The zero-order valence-corrected chi connectivity index (χ0v) is 6.88. The number of hydrogen-bond donors (Lipinski definition) is 1. The SMILES string of the molecule is CNc1ncc(C)c(OC)n1. The van der Waals surface area contributed by atoms with Crippen molar-refractivity contribution in [2.24, 2.45) is 0 Å². The molecule has 4 heteroatoms. The van der Waals surface area contributed by atoms with Crippen molar-refractivity contribution in [1.82, 2.24) is 9.97 Å². The van der Waals surface area contributed by atoms with Crippen LogP contribution in [0, 0.1) is 6.92 Å². The van der Waals surface area contributed by atoms with E-state index in [9.17, 15) is 0 Å². The van der Waals surface area contributed by atoms with Crippen LogP contribution >= 0.6 is 0 Å². The molecule has 4 nitrogen and oxygen atoms in total. The lowest BCUT2D eigenvalue weighted by atomic mass is 10.4. The molecule has 1 aromatic heterocycles. The molecule has 1 N–H and O–H groups in total. The van der Waals surface area contributed by atoms with Crippen LogP contribution in [0.3, 0.4) is 0 Å². The summed E-state index contributed by atoms with van der Waals surface area (Å²) in [5.74, 6) is 1.19. The van der Waals surface area contributed by atoms with Crippen LogP contribution < -0.4 is 10.1 Å². The lowest BCUT2D eigenvalue weighted by Crippen LogP contribution is -1.99. The monoisotopic (exact) mass is 153 g/mol. The molecule has 0 amide bonds. The number of ether oxygens (including phenoxy) is 1. The molecule has 0 aliphatic heterocycles. The average molecular weight is 153 g/mol. The number of aryl methyl sites for hydroxylation is 1. The summed E-state index contributed by atoms with van der Waals surface area (Å²) in [6.45, 7) is 1.90. The smallest absolute Gasteiger partial charge is 0.225 e. The van der Waals surface area contributed by atoms with Gasteiger partial charge in [-0.1, -0.05) is 0 Å². The molecule has 0 aliphatic rings. The van der Waals surface area contributed by atoms with Gasteiger partial charge in [0.2, 0.25) is 11.8 Å². The lowest BCUT2D eigenvalue weighted by Gasteiger charge is -2.03. The van der Waals surface area contributed by atoms with Crippen LogP contribution in [0.2, 0.25) is 0 Å². The van der Waals surface area contributed by atoms with Crippen LogP contribution in [0.1, 0.15) is 5.56 Å². The summed E-state index contributed by atoms with van der Waals surface area (Å²) in [4.78, 5) is 8.07. The van der Waals surface area contributed by atoms with Gasteiger partial charge in [0.05, 0.1) is 7.11 Å². The maximum absolute atomic E-state index is 5.00. The second kappa shape index (κ2) is 3.18. The third-order valence-electron chi connectivity index (χ3n) is 1.34. The van der Waals surface area contributed by atoms with E-state index in [4.69, 9.17) is 4.74 Å². The van der Waals surface area contributed by atoms with E-state index >= 15 is 0 Å². The Morgan fingerprint density at radius 3 is 2.82 bits per heavy atom. The molecular weight excluding hydrogens is 142 g/mol. The van der Waals surface area contributed by atoms with Crippen molar-refractivity contribution >= 4 is 5.95 Å². The van der Waals surface area contributed by atoms with Gasteiger partial charge >= 0.3 is 0 Å². The fourth-order valence-corrected chi connectivity index (χ4v) is 0.753. The van der Waals surface area contributed by atoms with Crippen LogP contribution in [-0.2, 0) is 0 Å². The van der Waals surface area contributed by atoms with Gasteiger partial charge in [0.15, 0.2) is 0 Å². The highest BCUT2D eigenvalue weighted by molar-refractivity contribution is 5.31. The second-order valence-corrected chi connectivity index (χ2v) is 2.14. The average Bonchev–Trinajstić information content (AvgIpc) is 2.05. The van der Waals surface area contributed by atoms with Gasteiger partial charge in [-0.3, -0.25) is 0 Å². The molecule has 1 rings (SSSR count). The summed E-state index contributed by atoms with van der Waals surface area (Å²) in [7, 11) is 3.36. The Morgan fingerprint density at radius 2 is 2.27 bits per heavy atom. The van der Waals surface area contributed by atoms with Crippen LogP contribution in [0.15, 0.2) is 6.20 Å². The van der Waals surface area contributed by atoms with E-state index in [1.165, 1.54) is 0 Å². The summed E-state index contributed by atoms with van der Waals surface area (Å²) >= 11 is 0.